The molecule has 0 unspecified atom stereocenters. The molecule has 4 rings (SSSR count). The zero-order valence-corrected chi connectivity index (χ0v) is 18.1. The number of nitrogens with zero attached hydrogens (tertiary/aromatic N) is 1. The van der Waals surface area contributed by atoms with Crippen molar-refractivity contribution in [3.63, 3.8) is 0 Å². The number of nitrogens with one attached hydrogen (secondary N) is 1. The van der Waals surface area contributed by atoms with Gasteiger partial charge in [-0.15, -0.1) is 0 Å². The molecule has 0 bridgehead atoms. The lowest BCUT2D eigenvalue weighted by atomic mass is 9.75. The summed E-state index contributed by atoms with van der Waals surface area (Å²) in [7, 11) is 1.55. The van der Waals surface area contributed by atoms with Crippen LogP contribution in [0.15, 0.2) is 59.4 Å². The molecule has 0 radical (unpaired) electrons. The highest BCUT2D eigenvalue weighted by molar-refractivity contribution is 6.07. The highest BCUT2D eigenvalue weighted by atomic mass is 19.1. The second-order valence-electron chi connectivity index (χ2n) is 8.66. The number of fused-ring (bicyclic) bond motifs is 1. The van der Waals surface area contributed by atoms with E-state index in [1.165, 1.54) is 34.9 Å². The zero-order valence-electron chi connectivity index (χ0n) is 18.1. The summed E-state index contributed by atoms with van der Waals surface area (Å²) in [5.41, 5.74) is 0.827. The standard InChI is InChI=1S/C25H23FN2O4/c1-25(2)13-21-19(22(29)14-25)12-20(23(30)27-16-6-4-15(26)5-7-16)24(31)28(21)17-8-10-18(32-3)11-9-17/h4-12H,13-14H2,1-3H3,(H,27,30). The summed E-state index contributed by atoms with van der Waals surface area (Å²) in [5, 5.41) is 2.61. The first kappa shape index (κ1) is 21.5. The Hall–Kier alpha value is -3.74. The van der Waals surface area contributed by atoms with Crippen molar-refractivity contribution >= 4 is 17.4 Å². The van der Waals surface area contributed by atoms with Gasteiger partial charge in [0.2, 0.25) is 0 Å². The molecule has 1 heterocycles. The third-order valence-electron chi connectivity index (χ3n) is 5.57. The van der Waals surface area contributed by atoms with E-state index >= 15 is 0 Å². The van der Waals surface area contributed by atoms with Crippen molar-refractivity contribution in [3.05, 3.63) is 87.6 Å². The van der Waals surface area contributed by atoms with Crippen LogP contribution in [0.5, 0.6) is 5.75 Å². The first-order valence-corrected chi connectivity index (χ1v) is 10.2. The minimum atomic E-state index is -0.663. The van der Waals surface area contributed by atoms with Gasteiger partial charge in [0.15, 0.2) is 5.78 Å². The average Bonchev–Trinajstić information content (AvgIpc) is 2.74. The molecule has 164 valence electrons. The number of carbonyl (C=O) groups is 2. The number of benzene rings is 2. The summed E-state index contributed by atoms with van der Waals surface area (Å²) in [6.45, 7) is 3.96. The molecule has 0 saturated heterocycles. The van der Waals surface area contributed by atoms with Crippen molar-refractivity contribution < 1.29 is 18.7 Å². The number of methoxy groups -OCH3 is 1. The zero-order chi connectivity index (χ0) is 23.0. The second-order valence-corrected chi connectivity index (χ2v) is 8.66. The van der Waals surface area contributed by atoms with Gasteiger partial charge in [-0.1, -0.05) is 13.8 Å². The quantitative estimate of drug-likeness (QED) is 0.661. The molecule has 1 aliphatic carbocycles. The van der Waals surface area contributed by atoms with Gasteiger partial charge in [-0.3, -0.25) is 19.0 Å². The summed E-state index contributed by atoms with van der Waals surface area (Å²) in [6.07, 6.45) is 0.828. The smallest absolute Gasteiger partial charge is 0.268 e. The molecule has 1 aliphatic rings. The van der Waals surface area contributed by atoms with Crippen LogP contribution >= 0.6 is 0 Å². The maximum absolute atomic E-state index is 13.5. The molecular formula is C25H23FN2O4. The van der Waals surface area contributed by atoms with Gasteiger partial charge in [0, 0.05) is 29.1 Å². The van der Waals surface area contributed by atoms with Gasteiger partial charge in [0.05, 0.1) is 7.11 Å². The number of rotatable bonds is 4. The third kappa shape index (κ3) is 4.06. The van der Waals surface area contributed by atoms with Crippen molar-refractivity contribution in [3.8, 4) is 11.4 Å². The SMILES string of the molecule is COc1ccc(-n2c3c(cc(C(=O)Nc4ccc(F)cc4)c2=O)C(=O)CC(C)(C)C3)cc1. The van der Waals surface area contributed by atoms with Crippen LogP contribution in [-0.4, -0.2) is 23.4 Å². The predicted octanol–water partition coefficient (Wildman–Crippen LogP) is 4.39. The Bertz CT molecular complexity index is 1260. The molecular weight excluding hydrogens is 411 g/mol. The molecule has 7 heteroatoms. The van der Waals surface area contributed by atoms with E-state index in [2.05, 4.69) is 5.32 Å². The molecule has 6 nitrogen and oxygen atoms in total. The van der Waals surface area contributed by atoms with Crippen molar-refractivity contribution in [2.75, 3.05) is 12.4 Å². The first-order valence-electron chi connectivity index (χ1n) is 10.2. The lowest BCUT2D eigenvalue weighted by Crippen LogP contribution is -2.37. The maximum atomic E-state index is 13.5. The van der Waals surface area contributed by atoms with Gasteiger partial charge in [0.25, 0.3) is 11.5 Å². The van der Waals surface area contributed by atoms with Crippen LogP contribution in [0.2, 0.25) is 0 Å². The summed E-state index contributed by atoms with van der Waals surface area (Å²) >= 11 is 0. The number of ether oxygens (including phenoxy) is 1. The Morgan fingerprint density at radius 2 is 1.69 bits per heavy atom. The summed E-state index contributed by atoms with van der Waals surface area (Å²) < 4.78 is 19.8. The van der Waals surface area contributed by atoms with Crippen LogP contribution in [0.4, 0.5) is 10.1 Å². The Kier molecular flexibility index (Phi) is 5.42. The van der Waals surface area contributed by atoms with E-state index in [9.17, 15) is 18.8 Å². The molecule has 32 heavy (non-hydrogen) atoms. The van der Waals surface area contributed by atoms with Crippen LogP contribution < -0.4 is 15.6 Å². The van der Waals surface area contributed by atoms with Gasteiger partial charge in [0.1, 0.15) is 17.1 Å². The largest absolute Gasteiger partial charge is 0.497 e. The first-order chi connectivity index (χ1) is 15.2. The van der Waals surface area contributed by atoms with Crippen molar-refractivity contribution in [1.29, 1.82) is 0 Å². The number of anilines is 1. The fourth-order valence-corrected chi connectivity index (χ4v) is 4.01. The molecule has 0 fully saturated rings. The minimum Gasteiger partial charge on any atom is -0.497 e. The number of aromatic nitrogens is 1. The van der Waals surface area contributed by atoms with E-state index in [0.29, 0.717) is 41.2 Å². The number of carbonyl (C=O) groups excluding carboxylic acids is 2. The highest BCUT2D eigenvalue weighted by Gasteiger charge is 2.35. The fraction of sp³-hybridized carbons (Fsp3) is 0.240. The molecule has 1 amide bonds. The number of hydrogen-bond donors (Lipinski definition) is 1. The second kappa shape index (κ2) is 8.07. The monoisotopic (exact) mass is 434 g/mol. The van der Waals surface area contributed by atoms with Crippen molar-refractivity contribution in [2.45, 2.75) is 26.7 Å². The molecule has 0 aliphatic heterocycles. The van der Waals surface area contributed by atoms with Crippen LogP contribution in [0.3, 0.4) is 0 Å². The van der Waals surface area contributed by atoms with Gasteiger partial charge in [-0.05, 0) is 66.4 Å². The van der Waals surface area contributed by atoms with Crippen molar-refractivity contribution in [1.82, 2.24) is 4.57 Å². The van der Waals surface area contributed by atoms with Gasteiger partial charge >= 0.3 is 0 Å². The van der Waals surface area contributed by atoms with Gasteiger partial charge in [-0.25, -0.2) is 4.39 Å². The molecule has 3 aromatic rings. The van der Waals surface area contributed by atoms with E-state index in [1.54, 1.807) is 31.4 Å². The van der Waals surface area contributed by atoms with E-state index < -0.39 is 17.3 Å². The van der Waals surface area contributed by atoms with E-state index in [1.807, 2.05) is 13.8 Å². The highest BCUT2D eigenvalue weighted by Crippen LogP contribution is 2.35. The minimum absolute atomic E-state index is 0.116. The normalized spacial score (nSPS) is 14.6. The molecule has 1 N–H and O–H groups in total. The van der Waals surface area contributed by atoms with Gasteiger partial charge in [-0.2, -0.15) is 0 Å². The van der Waals surface area contributed by atoms with Crippen LogP contribution in [0, 0.1) is 11.2 Å². The number of ketones is 1. The summed E-state index contributed by atoms with van der Waals surface area (Å²) in [6, 6.07) is 13.5. The molecule has 0 atom stereocenters. The Morgan fingerprint density at radius 3 is 2.31 bits per heavy atom. The molecule has 1 aromatic heterocycles. The number of pyridine rings is 1. The summed E-state index contributed by atoms with van der Waals surface area (Å²) in [5.74, 6) is -0.595. The molecule has 2 aromatic carbocycles. The Morgan fingerprint density at radius 1 is 1.03 bits per heavy atom. The molecule has 0 spiro atoms. The number of hydrogen-bond acceptors (Lipinski definition) is 4. The lowest BCUT2D eigenvalue weighted by molar-refractivity contribution is 0.0908. The number of amides is 1. The van der Waals surface area contributed by atoms with Crippen LogP contribution in [0.25, 0.3) is 5.69 Å². The number of halogens is 1. The third-order valence-corrected chi connectivity index (χ3v) is 5.57. The fourth-order valence-electron chi connectivity index (χ4n) is 4.01. The van der Waals surface area contributed by atoms with Crippen LogP contribution in [-0.2, 0) is 6.42 Å². The van der Waals surface area contributed by atoms with Gasteiger partial charge < -0.3 is 10.1 Å². The maximum Gasteiger partial charge on any atom is 0.268 e. The topological polar surface area (TPSA) is 77.4 Å². The Labute approximate surface area is 184 Å². The van der Waals surface area contributed by atoms with Crippen LogP contribution in [0.1, 0.15) is 46.7 Å². The number of Topliss-reactive ketones (excluding diaryl/α,β-unsaturated/α-hetero) is 1. The van der Waals surface area contributed by atoms with Crippen molar-refractivity contribution in [2.24, 2.45) is 5.41 Å². The van der Waals surface area contributed by atoms with E-state index in [4.69, 9.17) is 4.74 Å². The molecule has 0 saturated carbocycles. The average molecular weight is 434 g/mol. The lowest BCUT2D eigenvalue weighted by Gasteiger charge is -2.32. The van der Waals surface area contributed by atoms with E-state index in [0.717, 1.165) is 0 Å². The predicted molar refractivity (Wildman–Crippen MR) is 119 cm³/mol. The Balaban J connectivity index is 1.87. The van der Waals surface area contributed by atoms with E-state index in [-0.39, 0.29) is 16.8 Å². The summed E-state index contributed by atoms with van der Waals surface area (Å²) in [4.78, 5) is 39.4.